The molecular formula is C17H16O6S2. The zero-order chi connectivity index (χ0) is 18.1. The number of carbonyl (C=O) groups excluding carboxylic acids is 3. The molecular weight excluding hydrogens is 364 g/mol. The van der Waals surface area contributed by atoms with Crippen LogP contribution in [0.15, 0.2) is 21.9 Å². The van der Waals surface area contributed by atoms with Crippen molar-refractivity contribution in [2.24, 2.45) is 0 Å². The van der Waals surface area contributed by atoms with Crippen LogP contribution >= 0.6 is 23.1 Å². The number of esters is 1. The van der Waals surface area contributed by atoms with Gasteiger partial charge >= 0.3 is 11.9 Å². The van der Waals surface area contributed by atoms with Crippen molar-refractivity contribution in [2.45, 2.75) is 44.0 Å². The molecule has 3 rings (SSSR count). The Morgan fingerprint density at radius 3 is 2.80 bits per heavy atom. The van der Waals surface area contributed by atoms with Crippen LogP contribution in [0.25, 0.3) is 0 Å². The summed E-state index contributed by atoms with van der Waals surface area (Å²) < 4.78 is 5.35. The van der Waals surface area contributed by atoms with E-state index < -0.39 is 18.0 Å². The van der Waals surface area contributed by atoms with Gasteiger partial charge < -0.3 is 9.84 Å². The lowest BCUT2D eigenvalue weighted by Gasteiger charge is -2.19. The molecule has 132 valence electrons. The van der Waals surface area contributed by atoms with Crippen molar-refractivity contribution < 1.29 is 29.0 Å². The minimum absolute atomic E-state index is 0.0380. The van der Waals surface area contributed by atoms with Crippen molar-refractivity contribution in [3.8, 4) is 0 Å². The van der Waals surface area contributed by atoms with Crippen molar-refractivity contribution in [3.05, 3.63) is 32.4 Å². The smallest absolute Gasteiger partial charge is 0.306 e. The molecule has 0 saturated heterocycles. The standard InChI is InChI=1S/C17H16O6S2/c1-8(23-13(20)4-2-3-12(18)19)11-7-10-14(21)9-5-6-24-16(9)15(22)17(10)25-11/h5-6,8,11H,2-4,7H2,1H3,(H,18,19). The van der Waals surface area contributed by atoms with E-state index in [0.717, 1.165) is 0 Å². The fourth-order valence-electron chi connectivity index (χ4n) is 2.86. The third-order valence-corrected chi connectivity index (χ3v) is 6.59. The summed E-state index contributed by atoms with van der Waals surface area (Å²) in [5.74, 6) is -1.64. The summed E-state index contributed by atoms with van der Waals surface area (Å²) in [5.41, 5.74) is 0.980. The van der Waals surface area contributed by atoms with E-state index in [1.165, 1.54) is 23.1 Å². The molecule has 0 saturated carbocycles. The maximum absolute atomic E-state index is 12.5. The molecule has 1 N–H and O–H groups in total. The molecule has 2 aliphatic rings. The zero-order valence-electron chi connectivity index (χ0n) is 13.4. The third-order valence-electron chi connectivity index (χ3n) is 4.16. The first-order chi connectivity index (χ1) is 11.9. The number of hydrogen-bond acceptors (Lipinski definition) is 7. The summed E-state index contributed by atoms with van der Waals surface area (Å²) in [7, 11) is 0. The number of thioether (sulfide) groups is 1. The third kappa shape index (κ3) is 3.55. The average molecular weight is 380 g/mol. The molecule has 2 unspecified atom stereocenters. The van der Waals surface area contributed by atoms with Crippen molar-refractivity contribution >= 4 is 46.6 Å². The van der Waals surface area contributed by atoms with E-state index in [0.29, 0.717) is 27.3 Å². The lowest BCUT2D eigenvalue weighted by atomic mass is 9.92. The van der Waals surface area contributed by atoms with E-state index >= 15 is 0 Å². The summed E-state index contributed by atoms with van der Waals surface area (Å²) in [6.45, 7) is 1.73. The van der Waals surface area contributed by atoms with Crippen molar-refractivity contribution in [2.75, 3.05) is 0 Å². The number of rotatable bonds is 6. The van der Waals surface area contributed by atoms with E-state index in [1.54, 1.807) is 18.4 Å². The Morgan fingerprint density at radius 2 is 2.08 bits per heavy atom. The van der Waals surface area contributed by atoms with E-state index in [1.807, 2.05) is 0 Å². The van der Waals surface area contributed by atoms with Crippen molar-refractivity contribution in [3.63, 3.8) is 0 Å². The van der Waals surface area contributed by atoms with Gasteiger partial charge in [0.15, 0.2) is 5.78 Å². The van der Waals surface area contributed by atoms with Gasteiger partial charge in [0.1, 0.15) is 6.10 Å². The summed E-state index contributed by atoms with van der Waals surface area (Å²) in [4.78, 5) is 48.3. The van der Waals surface area contributed by atoms with Gasteiger partial charge in [0.05, 0.1) is 15.0 Å². The number of carbonyl (C=O) groups is 4. The van der Waals surface area contributed by atoms with Gasteiger partial charge in [-0.3, -0.25) is 19.2 Å². The van der Waals surface area contributed by atoms with E-state index in [9.17, 15) is 19.2 Å². The zero-order valence-corrected chi connectivity index (χ0v) is 15.1. The van der Waals surface area contributed by atoms with Crippen molar-refractivity contribution in [1.29, 1.82) is 0 Å². The van der Waals surface area contributed by atoms with Crippen LogP contribution in [-0.4, -0.2) is 40.0 Å². The summed E-state index contributed by atoms with van der Waals surface area (Å²) in [6.07, 6.45) is 0.111. The number of carboxylic acids is 1. The van der Waals surface area contributed by atoms with Crippen LogP contribution in [-0.2, 0) is 14.3 Å². The Morgan fingerprint density at radius 1 is 1.32 bits per heavy atom. The number of allylic oxidation sites excluding steroid dienone is 2. The SMILES string of the molecule is CC(OC(=O)CCCC(=O)O)C1CC2=C(S1)C(=O)c1sccc1C2=O. The first-order valence-corrected chi connectivity index (χ1v) is 9.62. The van der Waals surface area contributed by atoms with Gasteiger partial charge in [0, 0.05) is 24.0 Å². The molecule has 2 atom stereocenters. The lowest BCUT2D eigenvalue weighted by Crippen LogP contribution is -2.25. The maximum atomic E-state index is 12.5. The molecule has 0 fully saturated rings. The topological polar surface area (TPSA) is 97.7 Å². The second kappa shape index (κ2) is 7.13. The second-order valence-electron chi connectivity index (χ2n) is 5.93. The monoisotopic (exact) mass is 380 g/mol. The van der Waals surface area contributed by atoms with Crippen LogP contribution in [0.4, 0.5) is 0 Å². The average Bonchev–Trinajstić information content (AvgIpc) is 3.19. The first-order valence-electron chi connectivity index (χ1n) is 7.86. The van der Waals surface area contributed by atoms with Gasteiger partial charge in [-0.2, -0.15) is 0 Å². The predicted molar refractivity (Wildman–Crippen MR) is 93.0 cm³/mol. The van der Waals surface area contributed by atoms with E-state index in [4.69, 9.17) is 9.84 Å². The fraction of sp³-hybridized carbons (Fsp3) is 0.412. The van der Waals surface area contributed by atoms with Gasteiger partial charge in [0.2, 0.25) is 5.78 Å². The highest BCUT2D eigenvalue weighted by Gasteiger charge is 2.42. The minimum Gasteiger partial charge on any atom is -0.481 e. The normalized spacial score (nSPS) is 20.3. The number of ether oxygens (including phenoxy) is 1. The maximum Gasteiger partial charge on any atom is 0.306 e. The molecule has 1 aromatic rings. The van der Waals surface area contributed by atoms with E-state index in [-0.39, 0.29) is 36.1 Å². The Labute approximate surface area is 152 Å². The Kier molecular flexibility index (Phi) is 5.10. The molecule has 0 bridgehead atoms. The molecule has 1 aliphatic carbocycles. The number of ketones is 2. The van der Waals surface area contributed by atoms with Crippen molar-refractivity contribution in [1.82, 2.24) is 0 Å². The van der Waals surface area contributed by atoms with Gasteiger partial charge in [-0.05, 0) is 31.2 Å². The van der Waals surface area contributed by atoms with E-state index in [2.05, 4.69) is 0 Å². The number of hydrogen-bond donors (Lipinski definition) is 1. The van der Waals surface area contributed by atoms with Gasteiger partial charge in [0.25, 0.3) is 0 Å². The Hall–Kier alpha value is -1.93. The van der Waals surface area contributed by atoms with Crippen LogP contribution in [0.5, 0.6) is 0 Å². The van der Waals surface area contributed by atoms with Crippen LogP contribution in [0.1, 0.15) is 52.6 Å². The second-order valence-corrected chi connectivity index (χ2v) is 8.10. The number of thiophene rings is 1. The molecule has 0 aromatic carbocycles. The molecule has 0 radical (unpaired) electrons. The summed E-state index contributed by atoms with van der Waals surface area (Å²) in [6, 6.07) is 1.67. The summed E-state index contributed by atoms with van der Waals surface area (Å²) in [5, 5.41) is 10.1. The molecule has 0 spiro atoms. The molecule has 1 aliphatic heterocycles. The fourth-order valence-corrected chi connectivity index (χ4v) is 5.09. The van der Waals surface area contributed by atoms with Crippen LogP contribution < -0.4 is 0 Å². The molecule has 25 heavy (non-hydrogen) atoms. The molecule has 1 aromatic heterocycles. The quantitative estimate of drug-likeness (QED) is 0.757. The Bertz CT molecular complexity index is 748. The summed E-state index contributed by atoms with van der Waals surface area (Å²) >= 11 is 2.56. The lowest BCUT2D eigenvalue weighted by molar-refractivity contribution is -0.148. The van der Waals surface area contributed by atoms with Gasteiger partial charge in [-0.1, -0.05) is 0 Å². The molecule has 0 amide bonds. The first kappa shape index (κ1) is 17.9. The largest absolute Gasteiger partial charge is 0.481 e. The molecule has 2 heterocycles. The number of fused-ring (bicyclic) bond motifs is 1. The van der Waals surface area contributed by atoms with Crippen LogP contribution in [0.3, 0.4) is 0 Å². The highest BCUT2D eigenvalue weighted by Crippen LogP contribution is 2.46. The Balaban J connectivity index is 1.60. The minimum atomic E-state index is -0.950. The molecule has 6 nitrogen and oxygen atoms in total. The van der Waals surface area contributed by atoms with Gasteiger partial charge in [-0.15, -0.1) is 23.1 Å². The van der Waals surface area contributed by atoms with Crippen LogP contribution in [0.2, 0.25) is 0 Å². The number of Topliss-reactive ketones (excluding diaryl/α,β-unsaturated/α-hetero) is 2. The van der Waals surface area contributed by atoms with Gasteiger partial charge in [-0.25, -0.2) is 0 Å². The predicted octanol–water partition coefficient (Wildman–Crippen LogP) is 3.07. The highest BCUT2D eigenvalue weighted by atomic mass is 32.2. The highest BCUT2D eigenvalue weighted by molar-refractivity contribution is 8.05. The number of aliphatic carboxylic acids is 1. The molecule has 8 heteroatoms. The number of carboxylic acid groups (broad SMARTS) is 1. The van der Waals surface area contributed by atoms with Crippen LogP contribution in [0, 0.1) is 0 Å².